The van der Waals surface area contributed by atoms with Gasteiger partial charge in [0.15, 0.2) is 5.84 Å². The first-order valence-corrected chi connectivity index (χ1v) is 5.63. The van der Waals surface area contributed by atoms with E-state index in [1.807, 2.05) is 36.4 Å². The van der Waals surface area contributed by atoms with Crippen molar-refractivity contribution in [2.24, 2.45) is 4.99 Å². The number of aliphatic imine (C=N–C) groups is 1. The largest absolute Gasteiger partial charge is 0.486 e. The van der Waals surface area contributed by atoms with E-state index in [0.717, 1.165) is 23.0 Å². The van der Waals surface area contributed by atoms with E-state index in [-0.39, 0.29) is 12.4 Å². The Morgan fingerprint density at radius 3 is 2.74 bits per heavy atom. The van der Waals surface area contributed by atoms with E-state index in [2.05, 4.69) is 20.8 Å². The van der Waals surface area contributed by atoms with Crippen LogP contribution in [0.3, 0.4) is 0 Å². The second-order valence-corrected chi connectivity index (χ2v) is 3.80. The van der Waals surface area contributed by atoms with Crippen LogP contribution in [-0.2, 0) is 0 Å². The maximum Gasteiger partial charge on any atom is 0.159 e. The fourth-order valence-electron chi connectivity index (χ4n) is 1.63. The number of nitrogens with zero attached hydrogens (tertiary/aromatic N) is 2. The highest BCUT2D eigenvalue weighted by molar-refractivity contribution is 5.91. The number of rotatable bonds is 3. The summed E-state index contributed by atoms with van der Waals surface area (Å²) in [6.45, 7) is 0.380. The maximum atomic E-state index is 5.61. The van der Waals surface area contributed by atoms with E-state index in [1.165, 1.54) is 0 Å². The molecular formula is C13H13ClN4O. The van der Waals surface area contributed by atoms with E-state index in [9.17, 15) is 0 Å². The minimum Gasteiger partial charge on any atom is -0.486 e. The van der Waals surface area contributed by atoms with E-state index < -0.39 is 0 Å². The zero-order chi connectivity index (χ0) is 12.2. The molecule has 19 heavy (non-hydrogen) atoms. The van der Waals surface area contributed by atoms with Crippen LogP contribution in [0.5, 0.6) is 5.75 Å². The monoisotopic (exact) mass is 276 g/mol. The maximum absolute atomic E-state index is 5.61. The molecule has 1 aliphatic rings. The molecule has 0 fully saturated rings. The summed E-state index contributed by atoms with van der Waals surface area (Å²) >= 11 is 0. The van der Waals surface area contributed by atoms with Crippen molar-refractivity contribution < 1.29 is 4.74 Å². The first-order chi connectivity index (χ1) is 8.92. The third kappa shape index (κ3) is 3.14. The standard InChI is InChI=1S/C13H12N4O.ClH/c1-2-4-10(5-3-1)18-9-13-15-12-8-14-7-6-11(12)16-17-13;/h1-8,16H,9H2,(H,15,17);1H. The number of hydrogen-bond acceptors (Lipinski definition) is 5. The van der Waals surface area contributed by atoms with Crippen molar-refractivity contribution in [1.82, 2.24) is 10.4 Å². The van der Waals surface area contributed by atoms with Crippen LogP contribution in [0.1, 0.15) is 0 Å². The fourth-order valence-corrected chi connectivity index (χ4v) is 1.63. The zero-order valence-corrected chi connectivity index (χ0v) is 10.9. The molecule has 0 aliphatic carbocycles. The lowest BCUT2D eigenvalue weighted by Crippen LogP contribution is -2.36. The van der Waals surface area contributed by atoms with Crippen molar-refractivity contribution in [2.75, 3.05) is 12.0 Å². The molecule has 0 saturated carbocycles. The third-order valence-electron chi connectivity index (χ3n) is 2.52. The summed E-state index contributed by atoms with van der Waals surface area (Å²) in [4.78, 5) is 8.45. The van der Waals surface area contributed by atoms with Crippen LogP contribution >= 0.6 is 12.4 Å². The molecule has 2 N–H and O–H groups in total. The van der Waals surface area contributed by atoms with Gasteiger partial charge in [0, 0.05) is 6.20 Å². The summed E-state index contributed by atoms with van der Waals surface area (Å²) in [5, 5.41) is 0. The zero-order valence-electron chi connectivity index (χ0n) is 10.0. The van der Waals surface area contributed by atoms with E-state index >= 15 is 0 Å². The number of anilines is 1. The number of fused-ring (bicyclic) bond motifs is 1. The first kappa shape index (κ1) is 13.2. The molecule has 0 atom stereocenters. The van der Waals surface area contributed by atoms with Crippen LogP contribution in [0, 0.1) is 0 Å². The smallest absolute Gasteiger partial charge is 0.159 e. The van der Waals surface area contributed by atoms with Gasteiger partial charge in [-0.15, -0.1) is 12.4 Å². The van der Waals surface area contributed by atoms with Crippen molar-refractivity contribution in [3.05, 3.63) is 48.8 Å². The molecule has 1 aromatic heterocycles. The SMILES string of the molecule is Cl.c1ccc(OCC2=Nc3cnccc3NN2)cc1. The fraction of sp³-hybridized carbons (Fsp3) is 0.0769. The van der Waals surface area contributed by atoms with Gasteiger partial charge < -0.3 is 4.74 Å². The quantitative estimate of drug-likeness (QED) is 0.904. The Morgan fingerprint density at radius 1 is 1.05 bits per heavy atom. The van der Waals surface area contributed by atoms with Gasteiger partial charge in [0.2, 0.25) is 0 Å². The second kappa shape index (κ2) is 6.06. The lowest BCUT2D eigenvalue weighted by molar-refractivity contribution is 0.373. The lowest BCUT2D eigenvalue weighted by atomic mass is 10.3. The molecule has 1 aliphatic heterocycles. The predicted molar refractivity (Wildman–Crippen MR) is 77.3 cm³/mol. The van der Waals surface area contributed by atoms with Crippen molar-refractivity contribution in [1.29, 1.82) is 0 Å². The van der Waals surface area contributed by atoms with Crippen molar-refractivity contribution in [3.63, 3.8) is 0 Å². The van der Waals surface area contributed by atoms with Crippen molar-refractivity contribution in [3.8, 4) is 5.75 Å². The Balaban J connectivity index is 0.00000133. The number of aromatic nitrogens is 1. The number of pyridine rings is 1. The van der Waals surface area contributed by atoms with Crippen molar-refractivity contribution >= 4 is 29.6 Å². The van der Waals surface area contributed by atoms with Gasteiger partial charge in [-0.25, -0.2) is 4.99 Å². The molecule has 3 rings (SSSR count). The van der Waals surface area contributed by atoms with Crippen LogP contribution < -0.4 is 15.6 Å². The van der Waals surface area contributed by atoms with E-state index in [1.54, 1.807) is 12.4 Å². The summed E-state index contributed by atoms with van der Waals surface area (Å²) in [6, 6.07) is 11.5. The number of ether oxygens (including phenoxy) is 1. The Kier molecular flexibility index (Phi) is 4.20. The molecule has 2 heterocycles. The second-order valence-electron chi connectivity index (χ2n) is 3.80. The van der Waals surface area contributed by atoms with Crippen LogP contribution in [0.15, 0.2) is 53.8 Å². The van der Waals surface area contributed by atoms with Gasteiger partial charge in [0.05, 0.1) is 11.9 Å². The highest BCUT2D eigenvalue weighted by atomic mass is 35.5. The Morgan fingerprint density at radius 2 is 1.89 bits per heavy atom. The van der Waals surface area contributed by atoms with Crippen LogP contribution in [0.4, 0.5) is 11.4 Å². The van der Waals surface area contributed by atoms with E-state index in [4.69, 9.17) is 4.74 Å². The minimum absolute atomic E-state index is 0. The van der Waals surface area contributed by atoms with Crippen LogP contribution in [0.2, 0.25) is 0 Å². The number of hydrogen-bond donors (Lipinski definition) is 2. The van der Waals surface area contributed by atoms with Gasteiger partial charge in [-0.3, -0.25) is 15.8 Å². The topological polar surface area (TPSA) is 58.5 Å². The van der Waals surface area contributed by atoms with Gasteiger partial charge in [0.25, 0.3) is 0 Å². The molecule has 98 valence electrons. The van der Waals surface area contributed by atoms with Crippen LogP contribution in [-0.4, -0.2) is 17.4 Å². The lowest BCUT2D eigenvalue weighted by Gasteiger charge is -2.19. The summed E-state index contributed by atoms with van der Waals surface area (Å²) in [5.41, 5.74) is 7.76. The molecular weight excluding hydrogens is 264 g/mol. The predicted octanol–water partition coefficient (Wildman–Crippen LogP) is 2.54. The number of nitrogens with one attached hydrogen (secondary N) is 2. The average Bonchev–Trinajstić information content (AvgIpc) is 2.46. The normalized spacial score (nSPS) is 12.1. The molecule has 6 heteroatoms. The van der Waals surface area contributed by atoms with Gasteiger partial charge in [-0.2, -0.15) is 0 Å². The number of para-hydroxylation sites is 1. The molecule has 1 aromatic carbocycles. The van der Waals surface area contributed by atoms with Crippen molar-refractivity contribution in [2.45, 2.75) is 0 Å². The summed E-state index contributed by atoms with van der Waals surface area (Å²) in [7, 11) is 0. The Bertz CT molecular complexity index is 574. The molecule has 0 unspecified atom stereocenters. The van der Waals surface area contributed by atoms with E-state index in [0.29, 0.717) is 6.61 Å². The van der Waals surface area contributed by atoms with Crippen LogP contribution in [0.25, 0.3) is 0 Å². The molecule has 0 saturated heterocycles. The summed E-state index contributed by atoms with van der Waals surface area (Å²) in [5.74, 6) is 1.54. The number of benzene rings is 1. The molecule has 0 bridgehead atoms. The van der Waals surface area contributed by atoms with Gasteiger partial charge in [0.1, 0.15) is 18.0 Å². The highest BCUT2D eigenvalue weighted by Crippen LogP contribution is 2.24. The van der Waals surface area contributed by atoms with Gasteiger partial charge >= 0.3 is 0 Å². The Hall–Kier alpha value is -2.27. The highest BCUT2D eigenvalue weighted by Gasteiger charge is 2.10. The minimum atomic E-state index is 0. The number of amidine groups is 1. The average molecular weight is 277 g/mol. The molecule has 0 spiro atoms. The molecule has 0 amide bonds. The summed E-state index contributed by atoms with van der Waals surface area (Å²) < 4.78 is 5.61. The molecule has 2 aromatic rings. The number of halogens is 1. The Labute approximate surface area is 117 Å². The number of hydrazine groups is 1. The summed E-state index contributed by atoms with van der Waals surface area (Å²) in [6.07, 6.45) is 3.43. The third-order valence-corrected chi connectivity index (χ3v) is 2.52. The van der Waals surface area contributed by atoms with Gasteiger partial charge in [-0.1, -0.05) is 18.2 Å². The first-order valence-electron chi connectivity index (χ1n) is 5.63. The molecule has 0 radical (unpaired) electrons. The van der Waals surface area contributed by atoms with Gasteiger partial charge in [-0.05, 0) is 18.2 Å². The molecule has 5 nitrogen and oxygen atoms in total.